The Bertz CT molecular complexity index is 3530. The Morgan fingerprint density at radius 3 is 1.75 bits per heavy atom. The molecule has 4 aromatic heterocycles. The van der Waals surface area contributed by atoms with E-state index in [0.717, 1.165) is 61.0 Å². The lowest BCUT2D eigenvalue weighted by Gasteiger charge is -2.10. The van der Waals surface area contributed by atoms with E-state index in [4.69, 9.17) is 19.4 Å². The van der Waals surface area contributed by atoms with E-state index in [2.05, 4.69) is 180 Å². The summed E-state index contributed by atoms with van der Waals surface area (Å²) >= 11 is 1.79. The minimum Gasteiger partial charge on any atom is -0.456 e. The van der Waals surface area contributed by atoms with Crippen LogP contribution in [-0.2, 0) is 0 Å². The maximum atomic E-state index is 6.70. The Kier molecular flexibility index (Phi) is 7.03. The van der Waals surface area contributed by atoms with Crippen LogP contribution in [0.1, 0.15) is 0 Å². The third-order valence-corrected chi connectivity index (χ3v) is 12.2. The first-order valence-electron chi connectivity index (χ1n) is 19.0. The molecule has 0 bridgehead atoms. The molecule has 0 saturated carbocycles. The van der Waals surface area contributed by atoms with Gasteiger partial charge in [0, 0.05) is 70.2 Å². The molecule has 0 saturated heterocycles. The molecule has 0 atom stereocenters. The molecule has 0 spiro atoms. The fourth-order valence-corrected chi connectivity index (χ4v) is 9.47. The fraction of sp³-hybridized carbons (Fsp3) is 0. The van der Waals surface area contributed by atoms with Crippen LogP contribution in [0.15, 0.2) is 186 Å². The summed E-state index contributed by atoms with van der Waals surface area (Å²) in [4.78, 5) is 15.4. The van der Waals surface area contributed by atoms with E-state index in [1.807, 2.05) is 6.07 Å². The Morgan fingerprint density at radius 1 is 0.351 bits per heavy atom. The highest BCUT2D eigenvalue weighted by molar-refractivity contribution is 7.25. The second-order valence-corrected chi connectivity index (χ2v) is 15.5. The molecular formula is C51H30N4OS. The third kappa shape index (κ3) is 5.19. The van der Waals surface area contributed by atoms with Gasteiger partial charge in [-0.15, -0.1) is 11.3 Å². The molecule has 0 aliphatic heterocycles. The molecule has 57 heavy (non-hydrogen) atoms. The second kappa shape index (κ2) is 12.6. The monoisotopic (exact) mass is 746 g/mol. The van der Waals surface area contributed by atoms with E-state index in [1.54, 1.807) is 11.3 Å². The fourth-order valence-electron chi connectivity index (χ4n) is 8.33. The van der Waals surface area contributed by atoms with Crippen molar-refractivity contribution in [2.24, 2.45) is 0 Å². The molecule has 0 fully saturated rings. The van der Waals surface area contributed by atoms with Gasteiger partial charge in [0.15, 0.2) is 17.5 Å². The maximum Gasteiger partial charge on any atom is 0.164 e. The van der Waals surface area contributed by atoms with Crippen molar-refractivity contribution in [1.82, 2.24) is 19.5 Å². The number of para-hydroxylation sites is 2. The van der Waals surface area contributed by atoms with E-state index >= 15 is 0 Å². The molecule has 0 N–H and O–H groups in total. The van der Waals surface area contributed by atoms with Gasteiger partial charge in [-0.05, 0) is 65.7 Å². The molecule has 4 heterocycles. The predicted octanol–water partition coefficient (Wildman–Crippen LogP) is 13.9. The standard InChI is InChI=1S/C51H30N4OS/c1-3-12-31(13-4-1)32-14-11-15-33(26-32)49-52-50(54-51(53-49)35-23-25-40-39-19-8-10-21-47(39)57-48(40)28-35)34-22-24-38-42-29-41-37-18-7-9-20-43(37)55(36-16-5-2-6-17-36)44(41)30-46(42)56-45(38)27-34/h1-30H. The topological polar surface area (TPSA) is 56.7 Å². The van der Waals surface area contributed by atoms with Crippen LogP contribution in [0, 0.1) is 0 Å². The van der Waals surface area contributed by atoms with Gasteiger partial charge in [-0.3, -0.25) is 0 Å². The molecule has 12 aromatic rings. The smallest absolute Gasteiger partial charge is 0.164 e. The van der Waals surface area contributed by atoms with Crippen LogP contribution in [0.5, 0.6) is 0 Å². The molecule has 266 valence electrons. The zero-order chi connectivity index (χ0) is 37.5. The molecule has 6 heteroatoms. The number of rotatable bonds is 5. The summed E-state index contributed by atoms with van der Waals surface area (Å²) < 4.78 is 11.5. The molecule has 5 nitrogen and oxygen atoms in total. The number of fused-ring (bicyclic) bond motifs is 9. The van der Waals surface area contributed by atoms with Gasteiger partial charge in [0.1, 0.15) is 11.2 Å². The normalized spacial score (nSPS) is 11.9. The average Bonchev–Trinajstić information content (AvgIpc) is 3.94. The Hall–Kier alpha value is -7.41. The molecule has 0 radical (unpaired) electrons. The number of hydrogen-bond donors (Lipinski definition) is 0. The number of hydrogen-bond acceptors (Lipinski definition) is 5. The summed E-state index contributed by atoms with van der Waals surface area (Å²) in [7, 11) is 0. The Balaban J connectivity index is 1.03. The quantitative estimate of drug-likeness (QED) is 0.176. The predicted molar refractivity (Wildman–Crippen MR) is 236 cm³/mol. The summed E-state index contributed by atoms with van der Waals surface area (Å²) in [5.41, 5.74) is 9.98. The summed E-state index contributed by atoms with van der Waals surface area (Å²) in [5.74, 6) is 1.83. The van der Waals surface area contributed by atoms with Crippen LogP contribution in [0.4, 0.5) is 0 Å². The molecule has 8 aromatic carbocycles. The summed E-state index contributed by atoms with van der Waals surface area (Å²) in [5, 5.41) is 7.02. The first kappa shape index (κ1) is 31.9. The van der Waals surface area contributed by atoms with E-state index < -0.39 is 0 Å². The van der Waals surface area contributed by atoms with Gasteiger partial charge in [0.25, 0.3) is 0 Å². The first-order valence-corrected chi connectivity index (χ1v) is 19.8. The number of nitrogens with zero attached hydrogens (tertiary/aromatic N) is 4. The van der Waals surface area contributed by atoms with Crippen LogP contribution in [0.25, 0.3) is 115 Å². The minimum atomic E-state index is 0.589. The summed E-state index contributed by atoms with van der Waals surface area (Å²) in [6, 6.07) is 63.8. The zero-order valence-electron chi connectivity index (χ0n) is 30.4. The highest BCUT2D eigenvalue weighted by atomic mass is 32.1. The van der Waals surface area contributed by atoms with Crippen molar-refractivity contribution in [3.63, 3.8) is 0 Å². The lowest BCUT2D eigenvalue weighted by molar-refractivity contribution is 0.669. The number of furan rings is 1. The van der Waals surface area contributed by atoms with Gasteiger partial charge in [-0.1, -0.05) is 121 Å². The minimum absolute atomic E-state index is 0.589. The molecule has 0 amide bonds. The largest absolute Gasteiger partial charge is 0.456 e. The van der Waals surface area contributed by atoms with Crippen molar-refractivity contribution in [3.05, 3.63) is 182 Å². The first-order chi connectivity index (χ1) is 28.2. The summed E-state index contributed by atoms with van der Waals surface area (Å²) in [6.07, 6.45) is 0. The second-order valence-electron chi connectivity index (χ2n) is 14.4. The zero-order valence-corrected chi connectivity index (χ0v) is 31.2. The van der Waals surface area contributed by atoms with Crippen molar-refractivity contribution in [2.75, 3.05) is 0 Å². The lowest BCUT2D eigenvalue weighted by atomic mass is 10.0. The lowest BCUT2D eigenvalue weighted by Crippen LogP contribution is -2.00. The van der Waals surface area contributed by atoms with Crippen LogP contribution in [0.3, 0.4) is 0 Å². The molecule has 0 unspecified atom stereocenters. The van der Waals surface area contributed by atoms with E-state index in [9.17, 15) is 0 Å². The average molecular weight is 747 g/mol. The summed E-state index contributed by atoms with van der Waals surface area (Å²) in [6.45, 7) is 0. The Labute approximate surface area is 330 Å². The SMILES string of the molecule is c1ccc(-c2cccc(-c3nc(-c4ccc5c(c4)oc4cc6c(cc45)c4ccccc4n6-c4ccccc4)nc(-c4ccc5c(c4)sc4ccccc45)n3)c2)cc1. The number of thiophene rings is 1. The maximum absolute atomic E-state index is 6.70. The van der Waals surface area contributed by atoms with E-state index in [0.29, 0.717) is 17.5 Å². The van der Waals surface area contributed by atoms with Gasteiger partial charge >= 0.3 is 0 Å². The molecule has 12 rings (SSSR count). The highest BCUT2D eigenvalue weighted by Crippen LogP contribution is 2.40. The van der Waals surface area contributed by atoms with Crippen molar-refractivity contribution in [1.29, 1.82) is 0 Å². The number of benzene rings is 8. The third-order valence-electron chi connectivity index (χ3n) is 11.0. The molecule has 0 aliphatic rings. The van der Waals surface area contributed by atoms with E-state index in [-0.39, 0.29) is 0 Å². The van der Waals surface area contributed by atoms with E-state index in [1.165, 1.54) is 36.5 Å². The van der Waals surface area contributed by atoms with Crippen molar-refractivity contribution < 1.29 is 4.42 Å². The van der Waals surface area contributed by atoms with Crippen molar-refractivity contribution in [2.45, 2.75) is 0 Å². The van der Waals surface area contributed by atoms with Crippen LogP contribution in [-0.4, -0.2) is 19.5 Å². The van der Waals surface area contributed by atoms with Gasteiger partial charge in [-0.25, -0.2) is 15.0 Å². The van der Waals surface area contributed by atoms with Crippen LogP contribution in [0.2, 0.25) is 0 Å². The molecular weight excluding hydrogens is 717 g/mol. The highest BCUT2D eigenvalue weighted by Gasteiger charge is 2.19. The van der Waals surface area contributed by atoms with Crippen molar-refractivity contribution >= 4 is 75.3 Å². The number of aromatic nitrogens is 4. The van der Waals surface area contributed by atoms with Gasteiger partial charge in [0.05, 0.1) is 11.0 Å². The van der Waals surface area contributed by atoms with Crippen LogP contribution >= 0.6 is 11.3 Å². The van der Waals surface area contributed by atoms with Gasteiger partial charge < -0.3 is 8.98 Å². The van der Waals surface area contributed by atoms with Gasteiger partial charge in [-0.2, -0.15) is 0 Å². The van der Waals surface area contributed by atoms with Gasteiger partial charge in [0.2, 0.25) is 0 Å². The Morgan fingerprint density at radius 2 is 0.947 bits per heavy atom. The van der Waals surface area contributed by atoms with Crippen LogP contribution < -0.4 is 0 Å². The molecule has 0 aliphatic carbocycles. The van der Waals surface area contributed by atoms with Crippen molar-refractivity contribution in [3.8, 4) is 51.0 Å².